The van der Waals surface area contributed by atoms with E-state index >= 15 is 0 Å². The van der Waals surface area contributed by atoms with Crippen LogP contribution in [0.3, 0.4) is 0 Å². The summed E-state index contributed by atoms with van der Waals surface area (Å²) in [6.07, 6.45) is 5.72. The SMILES string of the molecule is C1=CC(c2ccccc2)(c2ccnc(Nc3ccccc3)n2)NN1. The van der Waals surface area contributed by atoms with Gasteiger partial charge in [-0.25, -0.2) is 15.4 Å². The predicted molar refractivity (Wildman–Crippen MR) is 94.4 cm³/mol. The Kier molecular flexibility index (Phi) is 3.69. The Labute approximate surface area is 140 Å². The fourth-order valence-electron chi connectivity index (χ4n) is 2.82. The van der Waals surface area contributed by atoms with Gasteiger partial charge in [0.2, 0.25) is 5.95 Å². The molecular weight excluding hydrogens is 298 g/mol. The lowest BCUT2D eigenvalue weighted by Gasteiger charge is -2.27. The molecule has 0 saturated heterocycles. The molecule has 1 aliphatic rings. The molecule has 1 aromatic heterocycles. The molecule has 1 aliphatic heterocycles. The number of benzene rings is 2. The molecule has 0 spiro atoms. The molecule has 4 rings (SSSR count). The summed E-state index contributed by atoms with van der Waals surface area (Å²) in [6, 6.07) is 22.0. The van der Waals surface area contributed by atoms with Crippen molar-refractivity contribution < 1.29 is 0 Å². The quantitative estimate of drug-likeness (QED) is 0.690. The minimum atomic E-state index is -0.517. The van der Waals surface area contributed by atoms with Gasteiger partial charge in [-0.2, -0.15) is 0 Å². The maximum absolute atomic E-state index is 4.72. The van der Waals surface area contributed by atoms with Crippen molar-refractivity contribution in [3.8, 4) is 0 Å². The van der Waals surface area contributed by atoms with E-state index in [1.54, 1.807) is 6.20 Å². The molecule has 24 heavy (non-hydrogen) atoms. The average Bonchev–Trinajstić information content (AvgIpc) is 3.15. The molecule has 0 bridgehead atoms. The molecule has 2 heterocycles. The molecule has 3 N–H and O–H groups in total. The lowest BCUT2D eigenvalue weighted by molar-refractivity contribution is 0.475. The number of nitrogens with zero attached hydrogens (tertiary/aromatic N) is 2. The van der Waals surface area contributed by atoms with Gasteiger partial charge in [-0.05, 0) is 29.8 Å². The molecule has 5 nitrogen and oxygen atoms in total. The first-order chi connectivity index (χ1) is 11.9. The van der Waals surface area contributed by atoms with Crippen LogP contribution in [0.2, 0.25) is 0 Å². The van der Waals surface area contributed by atoms with Crippen LogP contribution in [0.4, 0.5) is 11.6 Å². The molecule has 0 saturated carbocycles. The monoisotopic (exact) mass is 315 g/mol. The number of anilines is 2. The minimum Gasteiger partial charge on any atom is -0.327 e. The topological polar surface area (TPSA) is 61.9 Å². The first-order valence-corrected chi connectivity index (χ1v) is 7.78. The van der Waals surface area contributed by atoms with Gasteiger partial charge < -0.3 is 10.7 Å². The first kappa shape index (κ1) is 14.4. The molecule has 1 unspecified atom stereocenters. The Morgan fingerprint density at radius 2 is 1.62 bits per heavy atom. The van der Waals surface area contributed by atoms with Gasteiger partial charge in [0.05, 0.1) is 5.69 Å². The summed E-state index contributed by atoms with van der Waals surface area (Å²) in [7, 11) is 0. The summed E-state index contributed by atoms with van der Waals surface area (Å²) in [5, 5.41) is 3.24. The summed E-state index contributed by atoms with van der Waals surface area (Å²) >= 11 is 0. The van der Waals surface area contributed by atoms with E-state index < -0.39 is 5.54 Å². The number of nitrogens with one attached hydrogen (secondary N) is 3. The Morgan fingerprint density at radius 3 is 2.33 bits per heavy atom. The van der Waals surface area contributed by atoms with Crippen LogP contribution >= 0.6 is 0 Å². The van der Waals surface area contributed by atoms with E-state index in [0.29, 0.717) is 5.95 Å². The van der Waals surface area contributed by atoms with Crippen molar-refractivity contribution in [1.29, 1.82) is 0 Å². The number of hydrogen-bond donors (Lipinski definition) is 3. The van der Waals surface area contributed by atoms with Gasteiger partial charge in [-0.1, -0.05) is 48.5 Å². The van der Waals surface area contributed by atoms with Crippen molar-refractivity contribution in [1.82, 2.24) is 20.8 Å². The molecule has 0 aliphatic carbocycles. The minimum absolute atomic E-state index is 0.517. The van der Waals surface area contributed by atoms with Crippen LogP contribution in [0.5, 0.6) is 0 Å². The van der Waals surface area contributed by atoms with E-state index in [1.807, 2.05) is 60.8 Å². The molecule has 0 fully saturated rings. The third-order valence-corrected chi connectivity index (χ3v) is 4.00. The van der Waals surface area contributed by atoms with E-state index in [-0.39, 0.29) is 0 Å². The van der Waals surface area contributed by atoms with Crippen molar-refractivity contribution in [2.45, 2.75) is 5.54 Å². The number of para-hydroxylation sites is 1. The maximum atomic E-state index is 4.72. The van der Waals surface area contributed by atoms with Crippen LogP contribution in [0.1, 0.15) is 11.3 Å². The fraction of sp³-hybridized carbons (Fsp3) is 0.0526. The van der Waals surface area contributed by atoms with E-state index in [0.717, 1.165) is 16.9 Å². The molecule has 1 atom stereocenters. The van der Waals surface area contributed by atoms with E-state index in [2.05, 4.69) is 39.4 Å². The normalized spacial score (nSPS) is 19.0. The van der Waals surface area contributed by atoms with Gasteiger partial charge in [0, 0.05) is 18.1 Å². The fourth-order valence-corrected chi connectivity index (χ4v) is 2.82. The third kappa shape index (κ3) is 2.61. The molecule has 0 amide bonds. The number of hydrogen-bond acceptors (Lipinski definition) is 5. The Bertz CT molecular complexity index is 848. The lowest BCUT2D eigenvalue weighted by atomic mass is 9.87. The zero-order valence-electron chi connectivity index (χ0n) is 13.0. The number of aromatic nitrogens is 2. The molecule has 5 heteroatoms. The second-order valence-corrected chi connectivity index (χ2v) is 5.53. The Balaban J connectivity index is 1.73. The zero-order chi connectivity index (χ0) is 16.2. The largest absolute Gasteiger partial charge is 0.327 e. The summed E-state index contributed by atoms with van der Waals surface area (Å²) in [5.74, 6) is 0.566. The van der Waals surface area contributed by atoms with Gasteiger partial charge in [0.1, 0.15) is 5.54 Å². The van der Waals surface area contributed by atoms with Crippen LogP contribution < -0.4 is 16.2 Å². The predicted octanol–water partition coefficient (Wildman–Crippen LogP) is 3.09. The summed E-state index contributed by atoms with van der Waals surface area (Å²) in [5.41, 5.74) is 8.79. The molecule has 2 aromatic carbocycles. The molecule has 0 radical (unpaired) electrons. The van der Waals surface area contributed by atoms with Gasteiger partial charge in [0.25, 0.3) is 0 Å². The Hall–Kier alpha value is -3.18. The van der Waals surface area contributed by atoms with Gasteiger partial charge in [-0.15, -0.1) is 0 Å². The highest BCUT2D eigenvalue weighted by molar-refractivity contribution is 5.53. The maximum Gasteiger partial charge on any atom is 0.227 e. The summed E-state index contributed by atoms with van der Waals surface area (Å²) in [4.78, 5) is 9.06. The smallest absolute Gasteiger partial charge is 0.227 e. The molecular formula is C19H17N5. The molecule has 118 valence electrons. The van der Waals surface area contributed by atoms with Gasteiger partial charge in [0.15, 0.2) is 0 Å². The van der Waals surface area contributed by atoms with Crippen molar-refractivity contribution in [3.05, 3.63) is 96.5 Å². The third-order valence-electron chi connectivity index (χ3n) is 4.00. The van der Waals surface area contributed by atoms with Gasteiger partial charge >= 0.3 is 0 Å². The van der Waals surface area contributed by atoms with Crippen molar-refractivity contribution in [3.63, 3.8) is 0 Å². The van der Waals surface area contributed by atoms with Crippen LogP contribution in [0, 0.1) is 0 Å². The van der Waals surface area contributed by atoms with Crippen LogP contribution in [-0.4, -0.2) is 9.97 Å². The van der Waals surface area contributed by atoms with E-state index in [4.69, 9.17) is 4.98 Å². The van der Waals surface area contributed by atoms with Gasteiger partial charge in [-0.3, -0.25) is 0 Å². The van der Waals surface area contributed by atoms with E-state index in [1.165, 1.54) is 0 Å². The number of hydrazine groups is 1. The Morgan fingerprint density at radius 1 is 0.875 bits per heavy atom. The van der Waals surface area contributed by atoms with Crippen LogP contribution in [0.15, 0.2) is 85.2 Å². The summed E-state index contributed by atoms with van der Waals surface area (Å²) in [6.45, 7) is 0. The second kappa shape index (κ2) is 6.14. The molecule has 3 aromatic rings. The summed E-state index contributed by atoms with van der Waals surface area (Å²) < 4.78 is 0. The second-order valence-electron chi connectivity index (χ2n) is 5.53. The van der Waals surface area contributed by atoms with Crippen molar-refractivity contribution >= 4 is 11.6 Å². The van der Waals surface area contributed by atoms with Crippen molar-refractivity contribution in [2.75, 3.05) is 5.32 Å². The highest BCUT2D eigenvalue weighted by Crippen LogP contribution is 2.31. The highest BCUT2D eigenvalue weighted by Gasteiger charge is 2.35. The standard InChI is InChI=1S/C19H17N5/c1-3-7-15(8-4-1)19(12-14-21-24-19)17-11-13-20-18(23-17)22-16-9-5-2-6-10-16/h1-14,21,24H,(H,20,22,23). The number of rotatable bonds is 4. The van der Waals surface area contributed by atoms with Crippen LogP contribution in [0.25, 0.3) is 0 Å². The van der Waals surface area contributed by atoms with Crippen LogP contribution in [-0.2, 0) is 5.54 Å². The lowest BCUT2D eigenvalue weighted by Crippen LogP contribution is -2.43. The highest BCUT2D eigenvalue weighted by atomic mass is 15.4. The zero-order valence-corrected chi connectivity index (χ0v) is 13.0. The average molecular weight is 315 g/mol. The van der Waals surface area contributed by atoms with E-state index in [9.17, 15) is 0 Å². The van der Waals surface area contributed by atoms with Crippen molar-refractivity contribution in [2.24, 2.45) is 0 Å². The first-order valence-electron chi connectivity index (χ1n) is 7.78.